The van der Waals surface area contributed by atoms with Crippen LogP contribution in [0.1, 0.15) is 41.4 Å². The summed E-state index contributed by atoms with van der Waals surface area (Å²) >= 11 is 0. The number of methoxy groups -OCH3 is 6. The van der Waals surface area contributed by atoms with Gasteiger partial charge in [0.25, 0.3) is 0 Å². The van der Waals surface area contributed by atoms with Crippen LogP contribution in [0.5, 0.6) is 34.5 Å². The van der Waals surface area contributed by atoms with Crippen molar-refractivity contribution < 1.29 is 47.6 Å². The maximum Gasteiger partial charge on any atom is 0.237 e. The molecule has 0 radical (unpaired) electrons. The zero-order chi connectivity index (χ0) is 32.0. The van der Waals surface area contributed by atoms with E-state index in [1.165, 1.54) is 91.2 Å². The van der Waals surface area contributed by atoms with Gasteiger partial charge in [0.1, 0.15) is 34.5 Å². The standard InChI is InChI=1S/C34H30O10/c1-39-21-11-7-19(8-12-21)31(35)33(37)25-17-27(41-3)23(15-29(25)43-5)24-16-30(44-6)26(18-28(24)42-4)34(38)32(36)20-9-13-22(40-2)14-10-20/h7-18H,1-6H3. The van der Waals surface area contributed by atoms with Crippen LogP contribution in [-0.2, 0) is 0 Å². The van der Waals surface area contributed by atoms with Gasteiger partial charge in [-0.2, -0.15) is 0 Å². The maximum atomic E-state index is 13.3. The number of hydrogen-bond donors (Lipinski definition) is 0. The highest BCUT2D eigenvalue weighted by Gasteiger charge is 2.28. The van der Waals surface area contributed by atoms with Crippen LogP contribution < -0.4 is 28.4 Å². The molecule has 0 spiro atoms. The Morgan fingerprint density at radius 2 is 0.705 bits per heavy atom. The number of hydrogen-bond acceptors (Lipinski definition) is 10. The van der Waals surface area contributed by atoms with Crippen molar-refractivity contribution in [2.24, 2.45) is 0 Å². The summed E-state index contributed by atoms with van der Waals surface area (Å²) in [5, 5.41) is 0. The molecule has 0 amide bonds. The van der Waals surface area contributed by atoms with Crippen LogP contribution in [0.15, 0.2) is 72.8 Å². The molecule has 0 fully saturated rings. The van der Waals surface area contributed by atoms with Crippen LogP contribution in [0.2, 0.25) is 0 Å². The van der Waals surface area contributed by atoms with Gasteiger partial charge in [0.15, 0.2) is 0 Å². The number of carbonyl (C=O) groups is 4. The molecule has 10 heteroatoms. The van der Waals surface area contributed by atoms with Gasteiger partial charge in [-0.3, -0.25) is 19.2 Å². The molecule has 0 saturated carbocycles. The summed E-state index contributed by atoms with van der Waals surface area (Å²) in [4.78, 5) is 52.7. The summed E-state index contributed by atoms with van der Waals surface area (Å²) in [5.41, 5.74) is 1.14. The molecular weight excluding hydrogens is 568 g/mol. The van der Waals surface area contributed by atoms with Crippen LogP contribution >= 0.6 is 0 Å². The van der Waals surface area contributed by atoms with E-state index in [1.54, 1.807) is 24.3 Å². The third-order valence-electron chi connectivity index (χ3n) is 6.94. The third-order valence-corrected chi connectivity index (χ3v) is 6.94. The SMILES string of the molecule is COc1ccc(C(=O)C(=O)c2cc(OC)c(-c3cc(OC)c(C(=O)C(=O)c4ccc(OC)cc4)cc3OC)cc2OC)cc1. The van der Waals surface area contributed by atoms with E-state index < -0.39 is 23.1 Å². The summed E-state index contributed by atoms with van der Waals surface area (Å²) in [6, 6.07) is 18.2. The number of ketones is 4. The molecular formula is C34H30O10. The van der Waals surface area contributed by atoms with Gasteiger partial charge in [-0.15, -0.1) is 0 Å². The largest absolute Gasteiger partial charge is 0.497 e. The number of Topliss-reactive ketones (excluding diaryl/α,β-unsaturated/α-hetero) is 4. The van der Waals surface area contributed by atoms with Gasteiger partial charge in [-0.05, 0) is 72.8 Å². The van der Waals surface area contributed by atoms with Crippen molar-refractivity contribution in [1.82, 2.24) is 0 Å². The van der Waals surface area contributed by atoms with Crippen LogP contribution in [0.4, 0.5) is 0 Å². The van der Waals surface area contributed by atoms with Gasteiger partial charge in [0.2, 0.25) is 23.1 Å². The number of benzene rings is 4. The molecule has 0 bridgehead atoms. The molecule has 0 aliphatic rings. The topological polar surface area (TPSA) is 124 Å². The average molecular weight is 599 g/mol. The van der Waals surface area contributed by atoms with E-state index in [2.05, 4.69) is 0 Å². The highest BCUT2D eigenvalue weighted by Crippen LogP contribution is 2.43. The first-order valence-electron chi connectivity index (χ1n) is 13.2. The summed E-state index contributed by atoms with van der Waals surface area (Å²) in [7, 11) is 8.53. The second-order valence-electron chi connectivity index (χ2n) is 9.28. The van der Waals surface area contributed by atoms with Crippen molar-refractivity contribution in [3.8, 4) is 45.6 Å². The molecule has 0 aliphatic carbocycles. The van der Waals surface area contributed by atoms with Gasteiger partial charge in [-0.25, -0.2) is 0 Å². The Hall–Kier alpha value is -5.64. The van der Waals surface area contributed by atoms with Crippen molar-refractivity contribution in [3.63, 3.8) is 0 Å². The first kappa shape index (κ1) is 31.3. The lowest BCUT2D eigenvalue weighted by atomic mass is 9.93. The average Bonchev–Trinajstić information content (AvgIpc) is 3.09. The minimum atomic E-state index is -0.806. The van der Waals surface area contributed by atoms with E-state index in [4.69, 9.17) is 28.4 Å². The number of rotatable bonds is 13. The molecule has 4 aromatic carbocycles. The Labute approximate surface area is 254 Å². The minimum Gasteiger partial charge on any atom is -0.497 e. The van der Waals surface area contributed by atoms with E-state index in [0.717, 1.165) is 0 Å². The summed E-state index contributed by atoms with van der Waals surface area (Å²) in [5.74, 6) is -1.39. The molecule has 226 valence electrons. The normalized spacial score (nSPS) is 10.4. The lowest BCUT2D eigenvalue weighted by Crippen LogP contribution is -2.16. The van der Waals surface area contributed by atoms with E-state index in [0.29, 0.717) is 22.6 Å². The molecule has 44 heavy (non-hydrogen) atoms. The monoisotopic (exact) mass is 598 g/mol. The van der Waals surface area contributed by atoms with Crippen LogP contribution in [0, 0.1) is 0 Å². The maximum absolute atomic E-state index is 13.3. The van der Waals surface area contributed by atoms with Gasteiger partial charge in [0, 0.05) is 22.3 Å². The van der Waals surface area contributed by atoms with E-state index in [-0.39, 0.29) is 45.3 Å². The number of carbonyl (C=O) groups excluding carboxylic acids is 4. The smallest absolute Gasteiger partial charge is 0.237 e. The Bertz CT molecular complexity index is 1590. The molecule has 0 heterocycles. The highest BCUT2D eigenvalue weighted by molar-refractivity contribution is 6.50. The van der Waals surface area contributed by atoms with Gasteiger partial charge in [-0.1, -0.05) is 0 Å². The van der Waals surface area contributed by atoms with Crippen molar-refractivity contribution in [2.75, 3.05) is 42.7 Å². The molecule has 0 atom stereocenters. The predicted molar refractivity (Wildman–Crippen MR) is 161 cm³/mol. The summed E-state index contributed by atoms with van der Waals surface area (Å²) < 4.78 is 32.5. The molecule has 0 unspecified atom stereocenters. The van der Waals surface area contributed by atoms with E-state index in [1.807, 2.05) is 0 Å². The second kappa shape index (κ2) is 13.6. The molecule has 10 nitrogen and oxygen atoms in total. The molecule has 0 saturated heterocycles. The molecule has 0 aliphatic heterocycles. The fourth-order valence-corrected chi connectivity index (χ4v) is 4.56. The first-order chi connectivity index (χ1) is 21.2. The van der Waals surface area contributed by atoms with Crippen molar-refractivity contribution in [1.29, 1.82) is 0 Å². The molecule has 0 aromatic heterocycles. The fraction of sp³-hybridized carbons (Fsp3) is 0.176. The second-order valence-corrected chi connectivity index (χ2v) is 9.28. The Kier molecular flexibility index (Phi) is 9.64. The lowest BCUT2D eigenvalue weighted by Gasteiger charge is -2.18. The Balaban J connectivity index is 1.77. The van der Waals surface area contributed by atoms with Crippen molar-refractivity contribution in [3.05, 3.63) is 95.1 Å². The molecule has 4 rings (SSSR count). The third kappa shape index (κ3) is 6.10. The van der Waals surface area contributed by atoms with Crippen LogP contribution in [0.25, 0.3) is 11.1 Å². The Morgan fingerprint density at radius 1 is 0.386 bits per heavy atom. The van der Waals surface area contributed by atoms with Crippen LogP contribution in [0.3, 0.4) is 0 Å². The molecule has 0 N–H and O–H groups in total. The summed E-state index contributed by atoms with van der Waals surface area (Å²) in [6.07, 6.45) is 0. The lowest BCUT2D eigenvalue weighted by molar-refractivity contribution is 0.0815. The quantitative estimate of drug-likeness (QED) is 0.143. The highest BCUT2D eigenvalue weighted by atomic mass is 16.5. The Morgan fingerprint density at radius 3 is 0.977 bits per heavy atom. The predicted octanol–water partition coefficient (Wildman–Crippen LogP) is 5.54. The van der Waals surface area contributed by atoms with Gasteiger partial charge >= 0.3 is 0 Å². The van der Waals surface area contributed by atoms with Gasteiger partial charge in [0.05, 0.1) is 53.8 Å². The van der Waals surface area contributed by atoms with Crippen LogP contribution in [-0.4, -0.2) is 65.8 Å². The van der Waals surface area contributed by atoms with Crippen molar-refractivity contribution >= 4 is 23.1 Å². The number of ether oxygens (including phenoxy) is 6. The zero-order valence-electron chi connectivity index (χ0n) is 25.0. The van der Waals surface area contributed by atoms with E-state index >= 15 is 0 Å². The minimum absolute atomic E-state index is 0.0169. The van der Waals surface area contributed by atoms with Gasteiger partial charge < -0.3 is 28.4 Å². The molecule has 4 aromatic rings. The fourth-order valence-electron chi connectivity index (χ4n) is 4.56. The summed E-state index contributed by atoms with van der Waals surface area (Å²) in [6.45, 7) is 0. The van der Waals surface area contributed by atoms with E-state index in [9.17, 15) is 19.2 Å². The first-order valence-corrected chi connectivity index (χ1v) is 13.2. The zero-order valence-corrected chi connectivity index (χ0v) is 25.0. The van der Waals surface area contributed by atoms with Crippen molar-refractivity contribution in [2.45, 2.75) is 0 Å².